The highest BCUT2D eigenvalue weighted by Crippen LogP contribution is 2.26. The molecule has 1 fully saturated rings. The molecule has 0 bridgehead atoms. The highest BCUT2D eigenvalue weighted by atomic mass is 15.1. The summed E-state index contributed by atoms with van der Waals surface area (Å²) < 4.78 is 2.24. The average molecular weight is 272 g/mol. The predicted molar refractivity (Wildman–Crippen MR) is 80.5 cm³/mol. The van der Waals surface area contributed by atoms with E-state index in [0.29, 0.717) is 0 Å². The van der Waals surface area contributed by atoms with Gasteiger partial charge in [0.15, 0.2) is 5.65 Å². The molecule has 4 heteroatoms. The van der Waals surface area contributed by atoms with E-state index >= 15 is 0 Å². The molecule has 1 aliphatic carbocycles. The maximum Gasteiger partial charge on any atom is 0.163 e. The van der Waals surface area contributed by atoms with Crippen LogP contribution in [0.15, 0.2) is 12.5 Å². The van der Waals surface area contributed by atoms with Gasteiger partial charge in [-0.05, 0) is 25.2 Å². The van der Waals surface area contributed by atoms with Crippen LogP contribution in [0.2, 0.25) is 0 Å². The number of imidazole rings is 1. The number of aromatic nitrogens is 4. The maximum absolute atomic E-state index is 4.73. The molecule has 108 valence electrons. The summed E-state index contributed by atoms with van der Waals surface area (Å²) in [6, 6.07) is 0. The lowest BCUT2D eigenvalue weighted by atomic mass is 9.89. The molecule has 0 unspecified atom stereocenters. The van der Waals surface area contributed by atoms with E-state index < -0.39 is 0 Å². The highest BCUT2D eigenvalue weighted by Gasteiger charge is 2.16. The molecular formula is C16H24N4. The molecule has 1 aliphatic rings. The molecule has 20 heavy (non-hydrogen) atoms. The number of aryl methyl sites for hydroxylation is 1. The minimum absolute atomic E-state index is 0.801. The number of hydrogen-bond acceptors (Lipinski definition) is 3. The van der Waals surface area contributed by atoms with Crippen molar-refractivity contribution in [1.82, 2.24) is 19.5 Å². The lowest BCUT2D eigenvalue weighted by Gasteiger charge is -2.21. The number of fused-ring (bicyclic) bond motifs is 1. The van der Waals surface area contributed by atoms with E-state index in [0.717, 1.165) is 42.3 Å². The zero-order valence-electron chi connectivity index (χ0n) is 12.4. The fourth-order valence-electron chi connectivity index (χ4n) is 3.13. The Morgan fingerprint density at radius 1 is 1.20 bits per heavy atom. The van der Waals surface area contributed by atoms with Crippen LogP contribution in [0, 0.1) is 5.92 Å². The van der Waals surface area contributed by atoms with E-state index in [2.05, 4.69) is 21.5 Å². The Labute approximate surface area is 120 Å². The third kappa shape index (κ3) is 3.00. The zero-order chi connectivity index (χ0) is 13.8. The van der Waals surface area contributed by atoms with Crippen molar-refractivity contribution in [3.63, 3.8) is 0 Å². The fraction of sp³-hybridized carbons (Fsp3) is 0.688. The van der Waals surface area contributed by atoms with Crippen molar-refractivity contribution in [3.8, 4) is 0 Å². The summed E-state index contributed by atoms with van der Waals surface area (Å²) in [5.74, 6) is 1.76. The van der Waals surface area contributed by atoms with Crippen LogP contribution in [0.4, 0.5) is 0 Å². The van der Waals surface area contributed by atoms with Crippen molar-refractivity contribution < 1.29 is 0 Å². The van der Waals surface area contributed by atoms with Crippen LogP contribution in [0.25, 0.3) is 11.2 Å². The van der Waals surface area contributed by atoms with E-state index in [-0.39, 0.29) is 0 Å². The molecule has 0 aliphatic heterocycles. The Morgan fingerprint density at radius 2 is 2.05 bits per heavy atom. The van der Waals surface area contributed by atoms with Crippen molar-refractivity contribution in [2.45, 2.75) is 64.8 Å². The van der Waals surface area contributed by atoms with E-state index in [1.54, 1.807) is 0 Å². The molecular weight excluding hydrogens is 248 g/mol. The van der Waals surface area contributed by atoms with Crippen molar-refractivity contribution in [2.24, 2.45) is 5.92 Å². The van der Waals surface area contributed by atoms with Crippen molar-refractivity contribution in [3.05, 3.63) is 18.3 Å². The molecule has 2 aromatic rings. The summed E-state index contributed by atoms with van der Waals surface area (Å²) >= 11 is 0. The van der Waals surface area contributed by atoms with Crippen LogP contribution < -0.4 is 0 Å². The highest BCUT2D eigenvalue weighted by molar-refractivity contribution is 5.69. The Hall–Kier alpha value is -1.45. The minimum atomic E-state index is 0.801. The predicted octanol–water partition coefficient (Wildman–Crippen LogP) is 3.75. The van der Waals surface area contributed by atoms with E-state index in [9.17, 15) is 0 Å². The Morgan fingerprint density at radius 3 is 2.85 bits per heavy atom. The molecule has 0 spiro atoms. The number of rotatable bonds is 5. The molecule has 0 N–H and O–H groups in total. The lowest BCUT2D eigenvalue weighted by molar-refractivity contribution is 0.321. The largest absolute Gasteiger partial charge is 0.315 e. The van der Waals surface area contributed by atoms with Gasteiger partial charge in [-0.1, -0.05) is 32.6 Å². The molecule has 4 nitrogen and oxygen atoms in total. The molecule has 1 saturated carbocycles. The second-order valence-corrected chi connectivity index (χ2v) is 6.00. The van der Waals surface area contributed by atoms with E-state index in [1.807, 2.05) is 12.5 Å². The van der Waals surface area contributed by atoms with Gasteiger partial charge in [0.1, 0.15) is 11.3 Å². The third-order valence-electron chi connectivity index (χ3n) is 4.34. The van der Waals surface area contributed by atoms with Crippen LogP contribution in [0.3, 0.4) is 0 Å². The second kappa shape index (κ2) is 6.33. The third-order valence-corrected chi connectivity index (χ3v) is 4.34. The zero-order valence-corrected chi connectivity index (χ0v) is 12.4. The van der Waals surface area contributed by atoms with Crippen LogP contribution in [-0.4, -0.2) is 19.5 Å². The van der Waals surface area contributed by atoms with E-state index in [4.69, 9.17) is 4.98 Å². The van der Waals surface area contributed by atoms with Gasteiger partial charge in [-0.3, -0.25) is 0 Å². The van der Waals surface area contributed by atoms with Gasteiger partial charge in [0.2, 0.25) is 0 Å². The van der Waals surface area contributed by atoms with Gasteiger partial charge in [0.05, 0.1) is 12.5 Å². The second-order valence-electron chi connectivity index (χ2n) is 6.00. The van der Waals surface area contributed by atoms with Crippen molar-refractivity contribution >= 4 is 11.2 Å². The summed E-state index contributed by atoms with van der Waals surface area (Å²) in [5.41, 5.74) is 1.96. The molecule has 2 heterocycles. The molecule has 0 saturated heterocycles. The van der Waals surface area contributed by atoms with Crippen LogP contribution in [-0.2, 0) is 13.0 Å². The summed E-state index contributed by atoms with van der Waals surface area (Å²) in [6.45, 7) is 3.27. The molecule has 0 radical (unpaired) electrons. The normalized spacial score (nSPS) is 16.9. The number of hydrogen-bond donors (Lipinski definition) is 0. The van der Waals surface area contributed by atoms with Crippen molar-refractivity contribution in [1.29, 1.82) is 0 Å². The summed E-state index contributed by atoms with van der Waals surface area (Å²) in [5, 5.41) is 0. The molecule has 0 aromatic carbocycles. The molecule has 2 aromatic heterocycles. The fourth-order valence-corrected chi connectivity index (χ4v) is 3.13. The van der Waals surface area contributed by atoms with Gasteiger partial charge >= 0.3 is 0 Å². The minimum Gasteiger partial charge on any atom is -0.315 e. The maximum atomic E-state index is 4.73. The number of unbranched alkanes of at least 4 members (excludes halogenated alkanes) is 1. The Kier molecular flexibility index (Phi) is 4.28. The first-order valence-corrected chi connectivity index (χ1v) is 8.03. The molecule has 0 atom stereocenters. The van der Waals surface area contributed by atoms with Gasteiger partial charge in [-0.2, -0.15) is 0 Å². The smallest absolute Gasteiger partial charge is 0.163 e. The van der Waals surface area contributed by atoms with E-state index in [1.165, 1.54) is 38.5 Å². The van der Waals surface area contributed by atoms with Gasteiger partial charge < -0.3 is 4.57 Å². The van der Waals surface area contributed by atoms with Crippen LogP contribution in [0.1, 0.15) is 57.7 Å². The van der Waals surface area contributed by atoms with Crippen LogP contribution in [0.5, 0.6) is 0 Å². The van der Waals surface area contributed by atoms with Gasteiger partial charge in [-0.15, -0.1) is 0 Å². The Balaban J connectivity index is 1.79. The summed E-state index contributed by atoms with van der Waals surface area (Å²) in [4.78, 5) is 13.6. The summed E-state index contributed by atoms with van der Waals surface area (Å²) in [7, 11) is 0. The first kappa shape index (κ1) is 13.5. The lowest BCUT2D eigenvalue weighted by Crippen LogP contribution is -2.14. The standard InChI is InChI=1S/C16H24N4/c1-2-3-9-15-17-10-14-16(19-15)20(12-18-14)11-13-7-5-4-6-8-13/h10,12-13H,2-9,11H2,1H3. The Bertz CT molecular complexity index is 555. The average Bonchev–Trinajstić information content (AvgIpc) is 2.89. The first-order chi connectivity index (χ1) is 9.86. The van der Waals surface area contributed by atoms with Crippen molar-refractivity contribution in [2.75, 3.05) is 0 Å². The number of nitrogens with zero attached hydrogens (tertiary/aromatic N) is 4. The monoisotopic (exact) mass is 272 g/mol. The quantitative estimate of drug-likeness (QED) is 0.832. The molecule has 3 rings (SSSR count). The molecule has 0 amide bonds. The summed E-state index contributed by atoms with van der Waals surface area (Å²) in [6.07, 6.45) is 14.0. The SMILES string of the molecule is CCCCc1ncc2ncn(CC3CCCCC3)c2n1. The van der Waals surface area contributed by atoms with Gasteiger partial charge in [-0.25, -0.2) is 15.0 Å². The topological polar surface area (TPSA) is 43.6 Å². The first-order valence-electron chi connectivity index (χ1n) is 8.03. The van der Waals surface area contributed by atoms with Crippen LogP contribution >= 0.6 is 0 Å². The van der Waals surface area contributed by atoms with Gasteiger partial charge in [0.25, 0.3) is 0 Å². The van der Waals surface area contributed by atoms with Gasteiger partial charge in [0, 0.05) is 13.0 Å².